The van der Waals surface area contributed by atoms with Crippen LogP contribution >= 0.6 is 12.2 Å². The van der Waals surface area contributed by atoms with Crippen LogP contribution in [0.3, 0.4) is 0 Å². The third-order valence-electron chi connectivity index (χ3n) is 5.59. The number of anilines is 1. The fourth-order valence-electron chi connectivity index (χ4n) is 3.70. The van der Waals surface area contributed by atoms with E-state index in [9.17, 15) is 9.59 Å². The van der Waals surface area contributed by atoms with Crippen LogP contribution in [0.5, 0.6) is 11.5 Å². The van der Waals surface area contributed by atoms with Gasteiger partial charge in [-0.05, 0) is 68.9 Å². The molecule has 0 bridgehead atoms. The fraction of sp³-hybridized carbons (Fsp3) is 0.259. The lowest BCUT2D eigenvalue weighted by Gasteiger charge is -2.13. The number of thiocarbonyl (C=S) groups is 1. The Morgan fingerprint density at radius 1 is 1.14 bits per heavy atom. The van der Waals surface area contributed by atoms with Crippen LogP contribution in [0.1, 0.15) is 30.5 Å². The first kappa shape index (κ1) is 25.9. The molecule has 0 spiro atoms. The summed E-state index contributed by atoms with van der Waals surface area (Å²) in [5.74, 6) is 0.396. The predicted molar refractivity (Wildman–Crippen MR) is 145 cm³/mol. The van der Waals surface area contributed by atoms with Gasteiger partial charge in [-0.1, -0.05) is 23.8 Å². The molecule has 1 saturated heterocycles. The van der Waals surface area contributed by atoms with Gasteiger partial charge in [-0.15, -0.1) is 0 Å². The van der Waals surface area contributed by atoms with Gasteiger partial charge in [0, 0.05) is 24.0 Å². The van der Waals surface area contributed by atoms with Crippen LogP contribution in [0.25, 0.3) is 6.08 Å². The minimum absolute atomic E-state index is 0.174. The summed E-state index contributed by atoms with van der Waals surface area (Å²) in [5, 5.41) is 10.4. The van der Waals surface area contributed by atoms with Crippen LogP contribution in [-0.2, 0) is 22.7 Å². The molecule has 4 rings (SSSR count). The van der Waals surface area contributed by atoms with E-state index in [1.165, 1.54) is 4.90 Å². The molecule has 0 atom stereocenters. The van der Waals surface area contributed by atoms with Gasteiger partial charge in [0.2, 0.25) is 0 Å². The standard InChI is InChI=1S/C27H29N5O4S/c1-4-31-15-20(14-28-31)16-32-26(34)22(30-27(32)37)12-19-8-11-23(24(13-19)35-5-2)36-17-25(33)29-21-9-6-18(3)7-10-21/h6-15H,4-5,16-17H2,1-3H3,(H,29,33)(H,30,37)/b22-12+. The number of aromatic nitrogens is 2. The lowest BCUT2D eigenvalue weighted by atomic mass is 10.1. The summed E-state index contributed by atoms with van der Waals surface area (Å²) in [6.45, 7) is 7.16. The highest BCUT2D eigenvalue weighted by atomic mass is 32.1. The predicted octanol–water partition coefficient (Wildman–Crippen LogP) is 3.89. The number of hydrogen-bond acceptors (Lipinski definition) is 6. The molecule has 37 heavy (non-hydrogen) atoms. The molecule has 0 saturated carbocycles. The van der Waals surface area contributed by atoms with Crippen LogP contribution in [0.15, 0.2) is 60.6 Å². The maximum atomic E-state index is 13.0. The molecular formula is C27H29N5O4S. The second-order valence-corrected chi connectivity index (χ2v) is 8.81. The molecular weight excluding hydrogens is 490 g/mol. The number of rotatable bonds is 10. The smallest absolute Gasteiger partial charge is 0.276 e. The number of benzene rings is 2. The topological polar surface area (TPSA) is 97.7 Å². The first-order chi connectivity index (χ1) is 17.9. The van der Waals surface area contributed by atoms with Gasteiger partial charge in [-0.2, -0.15) is 5.10 Å². The Balaban J connectivity index is 1.43. The number of carbonyl (C=O) groups excluding carboxylic acids is 2. The number of aryl methyl sites for hydroxylation is 2. The van der Waals surface area contributed by atoms with E-state index in [1.54, 1.807) is 35.2 Å². The highest BCUT2D eigenvalue weighted by Gasteiger charge is 2.31. The molecule has 10 heteroatoms. The highest BCUT2D eigenvalue weighted by molar-refractivity contribution is 7.80. The first-order valence-electron chi connectivity index (χ1n) is 12.0. The van der Waals surface area contributed by atoms with Crippen LogP contribution in [0.4, 0.5) is 5.69 Å². The summed E-state index contributed by atoms with van der Waals surface area (Å²) in [6.07, 6.45) is 5.33. The Bertz CT molecular complexity index is 1330. The van der Waals surface area contributed by atoms with Crippen molar-refractivity contribution in [3.05, 3.63) is 77.2 Å². The van der Waals surface area contributed by atoms with Crippen LogP contribution in [-0.4, -0.2) is 44.8 Å². The molecule has 2 aromatic carbocycles. The van der Waals surface area contributed by atoms with Gasteiger partial charge in [-0.3, -0.25) is 19.2 Å². The van der Waals surface area contributed by atoms with E-state index in [1.807, 2.05) is 51.2 Å². The number of nitrogens with one attached hydrogen (secondary N) is 2. The highest BCUT2D eigenvalue weighted by Crippen LogP contribution is 2.30. The van der Waals surface area contributed by atoms with Crippen molar-refractivity contribution in [2.45, 2.75) is 33.9 Å². The van der Waals surface area contributed by atoms with Crippen LogP contribution in [0.2, 0.25) is 0 Å². The zero-order valence-electron chi connectivity index (χ0n) is 21.0. The van der Waals surface area contributed by atoms with Crippen molar-refractivity contribution in [2.24, 2.45) is 0 Å². The van der Waals surface area contributed by atoms with Gasteiger partial charge in [0.15, 0.2) is 23.2 Å². The quantitative estimate of drug-likeness (QED) is 0.310. The number of ether oxygens (including phenoxy) is 2. The van der Waals surface area contributed by atoms with Crippen LogP contribution < -0.4 is 20.1 Å². The first-order valence-corrected chi connectivity index (χ1v) is 12.4. The third kappa shape index (κ3) is 6.53. The SMILES string of the molecule is CCOc1cc(/C=C2/NC(=S)N(Cc3cnn(CC)c3)C2=O)ccc1OCC(=O)Nc1ccc(C)cc1. The van der Waals surface area contributed by atoms with Gasteiger partial charge < -0.3 is 20.1 Å². The van der Waals surface area contributed by atoms with Crippen molar-refractivity contribution in [3.8, 4) is 11.5 Å². The van der Waals surface area contributed by atoms with Gasteiger partial charge in [0.1, 0.15) is 5.70 Å². The summed E-state index contributed by atoms with van der Waals surface area (Å²) in [6, 6.07) is 12.8. The number of nitrogens with zero attached hydrogens (tertiary/aromatic N) is 3. The van der Waals surface area contributed by atoms with E-state index < -0.39 is 0 Å². The van der Waals surface area contributed by atoms with Gasteiger partial charge >= 0.3 is 0 Å². The normalized spacial score (nSPS) is 14.1. The Hall–Kier alpha value is -4.18. The van der Waals surface area contributed by atoms with E-state index in [2.05, 4.69) is 15.7 Å². The van der Waals surface area contributed by atoms with E-state index in [4.69, 9.17) is 21.7 Å². The Labute approximate surface area is 221 Å². The van der Waals surface area contributed by atoms with E-state index in [0.717, 1.165) is 23.2 Å². The van der Waals surface area contributed by atoms with Gasteiger partial charge in [0.25, 0.3) is 11.8 Å². The van der Waals surface area contributed by atoms with Crippen molar-refractivity contribution < 1.29 is 19.1 Å². The molecule has 1 aromatic heterocycles. The van der Waals surface area contributed by atoms with Gasteiger partial charge in [0.05, 0.1) is 19.3 Å². The van der Waals surface area contributed by atoms with Crippen molar-refractivity contribution in [3.63, 3.8) is 0 Å². The van der Waals surface area contributed by atoms with E-state index in [0.29, 0.717) is 41.1 Å². The molecule has 0 unspecified atom stereocenters. The van der Waals surface area contributed by atoms with Crippen molar-refractivity contribution in [1.29, 1.82) is 0 Å². The van der Waals surface area contributed by atoms with Crippen LogP contribution in [0, 0.1) is 6.92 Å². The lowest BCUT2D eigenvalue weighted by Crippen LogP contribution is -2.29. The zero-order valence-corrected chi connectivity index (χ0v) is 21.8. The largest absolute Gasteiger partial charge is 0.490 e. The maximum Gasteiger partial charge on any atom is 0.276 e. The molecule has 3 aromatic rings. The average Bonchev–Trinajstić information content (AvgIpc) is 3.45. The van der Waals surface area contributed by atoms with Crippen molar-refractivity contribution in [2.75, 3.05) is 18.5 Å². The Kier molecular flexibility index (Phi) is 8.19. The molecule has 192 valence electrons. The minimum Gasteiger partial charge on any atom is -0.490 e. The summed E-state index contributed by atoms with van der Waals surface area (Å²) in [7, 11) is 0. The second-order valence-electron chi connectivity index (χ2n) is 8.43. The molecule has 2 N–H and O–H groups in total. The lowest BCUT2D eigenvalue weighted by molar-refractivity contribution is -0.122. The summed E-state index contributed by atoms with van der Waals surface area (Å²) in [5.41, 5.74) is 3.79. The summed E-state index contributed by atoms with van der Waals surface area (Å²) in [4.78, 5) is 26.8. The summed E-state index contributed by atoms with van der Waals surface area (Å²) >= 11 is 5.39. The van der Waals surface area contributed by atoms with Gasteiger partial charge in [-0.25, -0.2) is 0 Å². The second kappa shape index (κ2) is 11.7. The third-order valence-corrected chi connectivity index (χ3v) is 5.91. The van der Waals surface area contributed by atoms with Crippen molar-refractivity contribution >= 4 is 40.9 Å². The molecule has 2 amide bonds. The van der Waals surface area contributed by atoms with E-state index in [-0.39, 0.29) is 18.4 Å². The minimum atomic E-state index is -0.281. The maximum absolute atomic E-state index is 13.0. The number of hydrogen-bond donors (Lipinski definition) is 2. The van der Waals surface area contributed by atoms with Crippen molar-refractivity contribution in [1.82, 2.24) is 20.0 Å². The monoisotopic (exact) mass is 519 g/mol. The molecule has 1 aliphatic rings. The molecule has 2 heterocycles. The molecule has 1 fully saturated rings. The molecule has 0 aliphatic carbocycles. The molecule has 1 aliphatic heterocycles. The number of amides is 2. The molecule has 9 nitrogen and oxygen atoms in total. The number of carbonyl (C=O) groups is 2. The summed E-state index contributed by atoms with van der Waals surface area (Å²) < 4.78 is 13.3. The Morgan fingerprint density at radius 3 is 2.62 bits per heavy atom. The fourth-order valence-corrected chi connectivity index (χ4v) is 3.96. The van der Waals surface area contributed by atoms with E-state index >= 15 is 0 Å². The zero-order chi connectivity index (χ0) is 26.4. The Morgan fingerprint density at radius 2 is 1.92 bits per heavy atom. The average molecular weight is 520 g/mol. The molecule has 0 radical (unpaired) electrons.